The van der Waals surface area contributed by atoms with E-state index in [2.05, 4.69) is 23.2 Å². The van der Waals surface area contributed by atoms with Crippen LogP contribution in [0.3, 0.4) is 0 Å². The highest BCUT2D eigenvalue weighted by molar-refractivity contribution is 7.79. The van der Waals surface area contributed by atoms with Crippen molar-refractivity contribution in [3.63, 3.8) is 0 Å². The molecule has 5 nitrogen and oxygen atoms in total. The fraction of sp³-hybridized carbons (Fsp3) is 0. The van der Waals surface area contributed by atoms with Crippen LogP contribution in [0.4, 0.5) is 0 Å². The van der Waals surface area contributed by atoms with Gasteiger partial charge in [-0.2, -0.15) is 0 Å². The first-order valence-corrected chi connectivity index (χ1v) is 5.32. The van der Waals surface area contributed by atoms with Gasteiger partial charge in [0.15, 0.2) is 6.20 Å². The number of rotatable bonds is 0. The number of pyridine rings is 1. The highest BCUT2D eigenvalue weighted by Gasteiger charge is 1.92. The van der Waals surface area contributed by atoms with Crippen LogP contribution in [0.5, 0.6) is 0 Å². The molecule has 2 rings (SSSR count). The number of hydrogen-bond donors (Lipinski definition) is 0. The highest BCUT2D eigenvalue weighted by Crippen LogP contribution is 2.04. The summed E-state index contributed by atoms with van der Waals surface area (Å²) >= 11 is 0. The summed E-state index contributed by atoms with van der Waals surface area (Å²) in [5.41, 5.74) is 1.19. The van der Waals surface area contributed by atoms with Crippen molar-refractivity contribution in [3.8, 4) is 0 Å². The molecule has 0 aliphatic rings. The van der Waals surface area contributed by atoms with E-state index in [4.69, 9.17) is 17.5 Å². The summed E-state index contributed by atoms with van der Waals surface area (Å²) in [7, 11) is -5.17. The molecule has 0 unspecified atom stereocenters. The summed E-state index contributed by atoms with van der Waals surface area (Å²) in [5, 5.41) is 1.25. The minimum Gasteiger partial charge on any atom is -0.759 e. The van der Waals surface area contributed by atoms with Gasteiger partial charge in [-0.25, -0.2) is 4.98 Å². The Morgan fingerprint density at radius 2 is 1.53 bits per heavy atom. The number of para-hydroxylation sites is 1. The molecule has 0 saturated carbocycles. The summed E-state index contributed by atoms with van der Waals surface area (Å²) in [6, 6.07) is 12.3. The second kappa shape index (κ2) is 4.83. The Hall–Kier alpha value is -1.50. The monoisotopic (exact) mass is 226 g/mol. The van der Waals surface area contributed by atoms with Crippen molar-refractivity contribution in [3.05, 3.63) is 42.6 Å². The van der Waals surface area contributed by atoms with Crippen molar-refractivity contribution in [2.24, 2.45) is 0 Å². The molecule has 80 valence electrons. The van der Waals surface area contributed by atoms with Crippen molar-refractivity contribution < 1.29 is 22.5 Å². The van der Waals surface area contributed by atoms with Crippen molar-refractivity contribution in [2.45, 2.75) is 0 Å². The SMILES string of the molecule is O=S(=O)([O-])[O-].c1ccc2[nH+]cccc2c1. The lowest BCUT2D eigenvalue weighted by molar-refractivity contribution is -0.344. The van der Waals surface area contributed by atoms with E-state index in [0.29, 0.717) is 0 Å². The second-order valence-electron chi connectivity index (χ2n) is 2.67. The van der Waals surface area contributed by atoms with Gasteiger partial charge in [-0.1, -0.05) is 12.1 Å². The molecule has 0 aliphatic heterocycles. The summed E-state index contributed by atoms with van der Waals surface area (Å²) in [5.74, 6) is 0. The Morgan fingerprint density at radius 1 is 1.00 bits per heavy atom. The van der Waals surface area contributed by atoms with Crippen molar-refractivity contribution in [1.29, 1.82) is 0 Å². The number of aromatic nitrogens is 1. The fourth-order valence-corrected chi connectivity index (χ4v) is 1.06. The van der Waals surface area contributed by atoms with Crippen LogP contribution in [0.1, 0.15) is 0 Å². The van der Waals surface area contributed by atoms with Crippen LogP contribution >= 0.6 is 0 Å². The fourth-order valence-electron chi connectivity index (χ4n) is 1.06. The van der Waals surface area contributed by atoms with Crippen LogP contribution in [0.15, 0.2) is 42.6 Å². The molecule has 1 heterocycles. The number of hydrogen-bond acceptors (Lipinski definition) is 4. The van der Waals surface area contributed by atoms with Gasteiger partial charge in [0.1, 0.15) is 0 Å². The molecule has 0 spiro atoms. The van der Waals surface area contributed by atoms with Gasteiger partial charge in [0.2, 0.25) is 5.52 Å². The first-order chi connectivity index (χ1) is 6.97. The number of fused-ring (bicyclic) bond motifs is 1. The molecule has 0 radical (unpaired) electrons. The smallest absolute Gasteiger partial charge is 0.210 e. The van der Waals surface area contributed by atoms with Gasteiger partial charge < -0.3 is 9.11 Å². The average Bonchev–Trinajstić information content (AvgIpc) is 2.16. The van der Waals surface area contributed by atoms with Gasteiger partial charge in [-0.15, -0.1) is 0 Å². The molecular formula is C9H8NO4S-. The minimum atomic E-state index is -5.17. The van der Waals surface area contributed by atoms with Crippen LogP contribution in [0.2, 0.25) is 0 Å². The second-order valence-corrected chi connectivity index (χ2v) is 3.48. The molecule has 0 fully saturated rings. The molecule has 0 atom stereocenters. The normalized spacial score (nSPS) is 10.5. The Labute approximate surface area is 87.0 Å². The summed E-state index contributed by atoms with van der Waals surface area (Å²) in [4.78, 5) is 3.15. The molecule has 1 N–H and O–H groups in total. The molecule has 0 saturated heterocycles. The Balaban J connectivity index is 0.000000195. The zero-order chi connectivity index (χ0) is 11.3. The van der Waals surface area contributed by atoms with E-state index in [1.165, 1.54) is 10.9 Å². The van der Waals surface area contributed by atoms with Crippen LogP contribution in [-0.2, 0) is 10.4 Å². The molecule has 0 aliphatic carbocycles. The minimum absolute atomic E-state index is 1.19. The molecule has 15 heavy (non-hydrogen) atoms. The van der Waals surface area contributed by atoms with E-state index in [9.17, 15) is 0 Å². The third kappa shape index (κ3) is 5.06. The summed E-state index contributed by atoms with van der Waals surface area (Å²) in [6.07, 6.45) is 1.93. The molecule has 0 amide bonds. The zero-order valence-electron chi connectivity index (χ0n) is 7.58. The molecule has 2 aromatic rings. The van der Waals surface area contributed by atoms with Crippen LogP contribution in [0.25, 0.3) is 10.9 Å². The molecule has 1 aromatic carbocycles. The van der Waals surface area contributed by atoms with Crippen molar-refractivity contribution >= 4 is 21.3 Å². The third-order valence-electron chi connectivity index (χ3n) is 1.57. The standard InChI is InChI=1S/C9H7N.H2O4S/c1-2-6-9-8(4-1)5-3-7-10-9;1-5(2,3)4/h1-7H;(H2,1,2,3,4)/p-1. The predicted molar refractivity (Wildman–Crippen MR) is 51.0 cm³/mol. The predicted octanol–water partition coefficient (Wildman–Crippen LogP) is 0.316. The van der Waals surface area contributed by atoms with Gasteiger partial charge in [0.05, 0.1) is 0 Å². The van der Waals surface area contributed by atoms with Gasteiger partial charge in [0, 0.05) is 27.9 Å². The first kappa shape index (κ1) is 11.6. The van der Waals surface area contributed by atoms with Crippen molar-refractivity contribution in [1.82, 2.24) is 0 Å². The van der Waals surface area contributed by atoms with Gasteiger partial charge in [0.25, 0.3) is 0 Å². The van der Waals surface area contributed by atoms with E-state index in [-0.39, 0.29) is 0 Å². The van der Waals surface area contributed by atoms with Gasteiger partial charge in [-0.05, 0) is 12.1 Å². The lowest BCUT2D eigenvalue weighted by Crippen LogP contribution is -1.99. The number of aromatic amines is 1. The van der Waals surface area contributed by atoms with Crippen molar-refractivity contribution in [2.75, 3.05) is 0 Å². The molecule has 1 aromatic heterocycles. The molecule has 6 heteroatoms. The van der Waals surface area contributed by atoms with E-state index in [0.717, 1.165) is 0 Å². The maximum absolute atomic E-state index is 8.52. The van der Waals surface area contributed by atoms with Gasteiger partial charge in [-0.3, -0.25) is 8.42 Å². The summed E-state index contributed by atoms with van der Waals surface area (Å²) < 4.78 is 34.1. The lowest BCUT2D eigenvalue weighted by atomic mass is 10.2. The lowest BCUT2D eigenvalue weighted by Gasteiger charge is -2.06. The Morgan fingerprint density at radius 3 is 2.13 bits per heavy atom. The average molecular weight is 226 g/mol. The quantitative estimate of drug-likeness (QED) is 0.477. The van der Waals surface area contributed by atoms with E-state index in [1.807, 2.05) is 24.4 Å². The Kier molecular flexibility index (Phi) is 3.73. The zero-order valence-corrected chi connectivity index (χ0v) is 8.40. The molecular weight excluding hydrogens is 218 g/mol. The van der Waals surface area contributed by atoms with Crippen LogP contribution < -0.4 is 4.98 Å². The Bertz CT molecular complexity index is 465. The number of nitrogens with one attached hydrogen (secondary N) is 1. The van der Waals surface area contributed by atoms with E-state index in [1.54, 1.807) is 0 Å². The topological polar surface area (TPSA) is 94.4 Å². The summed E-state index contributed by atoms with van der Waals surface area (Å²) in [6.45, 7) is 0. The maximum atomic E-state index is 8.52. The largest absolute Gasteiger partial charge is 0.759 e. The maximum Gasteiger partial charge on any atom is 0.210 e. The van der Waals surface area contributed by atoms with Crippen LogP contribution in [-0.4, -0.2) is 17.5 Å². The van der Waals surface area contributed by atoms with E-state index < -0.39 is 10.4 Å². The molecule has 0 bridgehead atoms. The van der Waals surface area contributed by atoms with Gasteiger partial charge >= 0.3 is 0 Å². The van der Waals surface area contributed by atoms with Crippen LogP contribution in [0, 0.1) is 0 Å². The first-order valence-electron chi connectivity index (χ1n) is 3.99. The number of benzene rings is 1. The van der Waals surface area contributed by atoms with E-state index >= 15 is 0 Å². The third-order valence-corrected chi connectivity index (χ3v) is 1.57. The highest BCUT2D eigenvalue weighted by atomic mass is 32.3. The number of H-pyrrole nitrogens is 1.